The molecule has 0 saturated heterocycles. The summed E-state index contributed by atoms with van der Waals surface area (Å²) in [4.78, 5) is 16.0. The lowest BCUT2D eigenvalue weighted by molar-refractivity contribution is -0.112. The minimum absolute atomic E-state index is 0.221. The molecule has 88 valence electrons. The predicted molar refractivity (Wildman–Crippen MR) is 67.6 cm³/mol. The monoisotopic (exact) mass is 237 g/mol. The first-order valence-electron chi connectivity index (χ1n) is 5.69. The lowest BCUT2D eigenvalue weighted by Gasteiger charge is -2.04. The van der Waals surface area contributed by atoms with Gasteiger partial charge in [0.05, 0.1) is 10.9 Å². The topological polar surface area (TPSA) is 49.7 Å². The summed E-state index contributed by atoms with van der Waals surface area (Å²) in [6, 6.07) is 12.6. The smallest absolute Gasteiger partial charge is 0.278 e. The zero-order chi connectivity index (χ0) is 12.7. The van der Waals surface area contributed by atoms with E-state index in [9.17, 15) is 9.90 Å². The number of carbonyl (C=O) groups excluding carboxylic acids is 1. The molecule has 1 amide bonds. The van der Waals surface area contributed by atoms with Crippen molar-refractivity contribution >= 4 is 11.5 Å². The van der Waals surface area contributed by atoms with Crippen LogP contribution in [-0.2, 0) is 4.79 Å². The normalized spacial score (nSPS) is 13.4. The highest BCUT2D eigenvalue weighted by Gasteiger charge is 2.18. The fourth-order valence-electron chi connectivity index (χ4n) is 2.15. The van der Waals surface area contributed by atoms with Gasteiger partial charge in [-0.1, -0.05) is 24.3 Å². The van der Waals surface area contributed by atoms with Gasteiger partial charge in [-0.3, -0.25) is 4.79 Å². The maximum atomic E-state index is 12.0. The van der Waals surface area contributed by atoms with E-state index in [-0.39, 0.29) is 11.7 Å². The Morgan fingerprint density at radius 3 is 2.67 bits per heavy atom. The van der Waals surface area contributed by atoms with Crippen LogP contribution in [0.4, 0.5) is 0 Å². The molecule has 0 unspecified atom stereocenters. The molecule has 1 heterocycles. The van der Waals surface area contributed by atoms with E-state index in [4.69, 9.17) is 0 Å². The highest BCUT2D eigenvalue weighted by atomic mass is 16.3. The fraction of sp³-hybridized carbons (Fsp3) is 0.0667. The zero-order valence-electron chi connectivity index (χ0n) is 9.84. The molecule has 1 aliphatic heterocycles. The van der Waals surface area contributed by atoms with Gasteiger partial charge in [-0.15, -0.1) is 0 Å². The Morgan fingerprint density at radius 1 is 1.11 bits per heavy atom. The molecule has 3 heteroatoms. The number of carbonyl (C=O) groups is 1. The largest absolute Gasteiger partial charge is 0.508 e. The summed E-state index contributed by atoms with van der Waals surface area (Å²) >= 11 is 0. The second-order valence-corrected chi connectivity index (χ2v) is 4.31. The number of nitrogens with zero attached hydrogens (tertiary/aromatic N) is 1. The first-order chi connectivity index (χ1) is 8.66. The predicted octanol–water partition coefficient (Wildman–Crippen LogP) is 1.06. The summed E-state index contributed by atoms with van der Waals surface area (Å²) in [7, 11) is 0. The van der Waals surface area contributed by atoms with Gasteiger partial charge in [0, 0.05) is 5.22 Å². The van der Waals surface area contributed by atoms with E-state index in [0.717, 1.165) is 16.3 Å². The van der Waals surface area contributed by atoms with Gasteiger partial charge in [-0.05, 0) is 36.2 Å². The molecule has 0 saturated carbocycles. The third-order valence-corrected chi connectivity index (χ3v) is 3.09. The molecule has 2 aromatic rings. The van der Waals surface area contributed by atoms with Crippen LogP contribution < -0.4 is 10.6 Å². The lowest BCUT2D eigenvalue weighted by atomic mass is 10.0. The fourth-order valence-corrected chi connectivity index (χ4v) is 2.15. The van der Waals surface area contributed by atoms with Crippen molar-refractivity contribution < 1.29 is 9.90 Å². The van der Waals surface area contributed by atoms with Gasteiger partial charge in [0.1, 0.15) is 5.75 Å². The third-order valence-electron chi connectivity index (χ3n) is 3.09. The molecule has 0 radical (unpaired) electrons. The molecule has 0 atom stereocenters. The van der Waals surface area contributed by atoms with Crippen LogP contribution in [0.25, 0.3) is 5.57 Å². The van der Waals surface area contributed by atoms with Crippen LogP contribution in [-0.4, -0.2) is 11.0 Å². The van der Waals surface area contributed by atoms with Crippen molar-refractivity contribution in [2.45, 2.75) is 6.92 Å². The first kappa shape index (κ1) is 10.7. The van der Waals surface area contributed by atoms with Crippen LogP contribution in [0.3, 0.4) is 0 Å². The minimum atomic E-state index is -0.221. The van der Waals surface area contributed by atoms with Crippen molar-refractivity contribution in [1.29, 1.82) is 0 Å². The van der Waals surface area contributed by atoms with Gasteiger partial charge in [0.15, 0.2) is 0 Å². The van der Waals surface area contributed by atoms with Gasteiger partial charge >= 0.3 is 0 Å². The van der Waals surface area contributed by atoms with E-state index in [1.54, 1.807) is 18.2 Å². The maximum absolute atomic E-state index is 12.0. The molecular weight excluding hydrogens is 226 g/mol. The van der Waals surface area contributed by atoms with E-state index in [2.05, 4.69) is 4.99 Å². The number of hydrogen-bond acceptors (Lipinski definition) is 2. The Balaban J connectivity index is 2.33. The molecule has 0 aliphatic carbocycles. The van der Waals surface area contributed by atoms with Crippen molar-refractivity contribution in [1.82, 2.24) is 0 Å². The number of benzene rings is 2. The Bertz CT molecular complexity index is 775. The summed E-state index contributed by atoms with van der Waals surface area (Å²) in [5.41, 5.74) is 2.15. The number of phenols is 1. The summed E-state index contributed by atoms with van der Waals surface area (Å²) in [5.74, 6) is 0.0105. The molecule has 3 nitrogen and oxygen atoms in total. The number of aromatic hydroxyl groups is 1. The van der Waals surface area contributed by atoms with Crippen molar-refractivity contribution in [3.8, 4) is 5.75 Å². The molecule has 2 aromatic carbocycles. The average molecular weight is 237 g/mol. The maximum Gasteiger partial charge on any atom is 0.278 e. The molecule has 0 fully saturated rings. The second kappa shape index (κ2) is 3.81. The van der Waals surface area contributed by atoms with Crippen LogP contribution in [0.2, 0.25) is 0 Å². The van der Waals surface area contributed by atoms with Crippen LogP contribution in [0.15, 0.2) is 47.5 Å². The van der Waals surface area contributed by atoms with Crippen molar-refractivity contribution in [2.24, 2.45) is 4.99 Å². The SMILES string of the molecule is Cc1cc(C2=c3ccccc3=NC2=O)ccc1O. The van der Waals surface area contributed by atoms with Gasteiger partial charge in [0.2, 0.25) is 0 Å². The van der Waals surface area contributed by atoms with Gasteiger partial charge in [-0.25, -0.2) is 4.99 Å². The molecule has 0 aromatic heterocycles. The minimum Gasteiger partial charge on any atom is -0.508 e. The number of rotatable bonds is 1. The van der Waals surface area contributed by atoms with Crippen LogP contribution in [0.5, 0.6) is 5.75 Å². The third kappa shape index (κ3) is 1.52. The molecule has 1 aliphatic rings. The molecule has 18 heavy (non-hydrogen) atoms. The molecule has 0 spiro atoms. The number of fused-ring (bicyclic) bond motifs is 1. The first-order valence-corrected chi connectivity index (χ1v) is 5.69. The van der Waals surface area contributed by atoms with Crippen LogP contribution in [0.1, 0.15) is 11.1 Å². The number of phenolic OH excluding ortho intramolecular Hbond substituents is 1. The number of para-hydroxylation sites is 1. The molecule has 3 rings (SSSR count). The number of aryl methyl sites for hydroxylation is 1. The molecule has 0 bridgehead atoms. The average Bonchev–Trinajstić information content (AvgIpc) is 2.69. The van der Waals surface area contributed by atoms with Crippen molar-refractivity contribution in [3.05, 3.63) is 64.2 Å². The highest BCUT2D eigenvalue weighted by molar-refractivity contribution is 6.20. The van der Waals surface area contributed by atoms with Crippen LogP contribution in [0, 0.1) is 6.92 Å². The quantitative estimate of drug-likeness (QED) is 0.806. The second-order valence-electron chi connectivity index (χ2n) is 4.31. The Hall–Kier alpha value is -2.42. The van der Waals surface area contributed by atoms with E-state index in [0.29, 0.717) is 10.9 Å². The highest BCUT2D eigenvalue weighted by Crippen LogP contribution is 2.22. The summed E-state index contributed by atoms with van der Waals surface area (Å²) in [5, 5.41) is 11.1. The van der Waals surface area contributed by atoms with E-state index in [1.165, 1.54) is 0 Å². The number of amides is 1. The number of hydrogen-bond donors (Lipinski definition) is 1. The lowest BCUT2D eigenvalue weighted by Crippen LogP contribution is -2.22. The van der Waals surface area contributed by atoms with Crippen molar-refractivity contribution in [2.75, 3.05) is 0 Å². The van der Waals surface area contributed by atoms with Crippen molar-refractivity contribution in [3.63, 3.8) is 0 Å². The van der Waals surface area contributed by atoms with E-state index < -0.39 is 0 Å². The van der Waals surface area contributed by atoms with Crippen LogP contribution >= 0.6 is 0 Å². The van der Waals surface area contributed by atoms with Gasteiger partial charge in [0.25, 0.3) is 5.91 Å². The van der Waals surface area contributed by atoms with E-state index in [1.807, 2.05) is 31.2 Å². The zero-order valence-corrected chi connectivity index (χ0v) is 9.84. The standard InChI is InChI=1S/C15H11NO2/c1-9-8-10(6-7-13(9)17)14-11-4-2-3-5-12(11)16-15(14)18/h2-8,17H,1H3. The molecular formula is C15H11NO2. The summed E-state index contributed by atoms with van der Waals surface area (Å²) in [6.45, 7) is 1.81. The Labute approximate surface area is 104 Å². The Kier molecular flexibility index (Phi) is 2.27. The van der Waals surface area contributed by atoms with E-state index >= 15 is 0 Å². The van der Waals surface area contributed by atoms with Gasteiger partial charge in [-0.2, -0.15) is 0 Å². The van der Waals surface area contributed by atoms with Gasteiger partial charge < -0.3 is 5.11 Å². The summed E-state index contributed by atoms with van der Waals surface area (Å²) in [6.07, 6.45) is 0. The Morgan fingerprint density at radius 2 is 1.89 bits per heavy atom. The molecule has 1 N–H and O–H groups in total. The summed E-state index contributed by atoms with van der Waals surface area (Å²) < 4.78 is 0.